The summed E-state index contributed by atoms with van der Waals surface area (Å²) < 4.78 is 0. The molecule has 1 aliphatic rings. The maximum absolute atomic E-state index is 3.89. The van der Waals surface area contributed by atoms with E-state index < -0.39 is 0 Å². The van der Waals surface area contributed by atoms with E-state index >= 15 is 0 Å². The summed E-state index contributed by atoms with van der Waals surface area (Å²) in [5, 5.41) is 1.98. The Bertz CT molecular complexity index is 204. The van der Waals surface area contributed by atoms with E-state index in [1.807, 2.05) is 5.01 Å². The van der Waals surface area contributed by atoms with Crippen LogP contribution in [0.2, 0.25) is 0 Å². The Hall–Kier alpha value is -1.18. The van der Waals surface area contributed by atoms with Crippen LogP contribution in [0.4, 0.5) is 0 Å². The third-order valence-electron chi connectivity index (χ3n) is 1.78. The van der Waals surface area contributed by atoms with Gasteiger partial charge in [0.2, 0.25) is 0 Å². The Balaban J connectivity index is 2.54. The van der Waals surface area contributed by atoms with Gasteiger partial charge < -0.3 is 5.43 Å². The van der Waals surface area contributed by atoms with Gasteiger partial charge in [0.25, 0.3) is 0 Å². The first-order valence-corrected chi connectivity index (χ1v) is 3.81. The fourth-order valence-corrected chi connectivity index (χ4v) is 1.12. The Kier molecular flexibility index (Phi) is 2.36. The number of hydrogen-bond acceptors (Lipinski definition) is 2. The van der Waals surface area contributed by atoms with Gasteiger partial charge >= 0.3 is 0 Å². The summed E-state index contributed by atoms with van der Waals surface area (Å²) in [6.45, 7) is 10.6. The quantitative estimate of drug-likeness (QED) is 0.660. The molecule has 1 heterocycles. The lowest BCUT2D eigenvalue weighted by Gasteiger charge is -2.18. The van der Waals surface area contributed by atoms with Crippen LogP contribution in [0.3, 0.4) is 0 Å². The van der Waals surface area contributed by atoms with E-state index in [0.29, 0.717) is 0 Å². The fraction of sp³-hybridized carbons (Fsp3) is 0.333. The zero-order chi connectivity index (χ0) is 8.27. The number of allylic oxidation sites excluding steroid dienone is 1. The predicted octanol–water partition coefficient (Wildman–Crippen LogP) is 1.80. The second-order valence-electron chi connectivity index (χ2n) is 2.57. The summed E-state index contributed by atoms with van der Waals surface area (Å²) in [6, 6.07) is 0. The topological polar surface area (TPSA) is 15.3 Å². The van der Waals surface area contributed by atoms with Crippen molar-refractivity contribution >= 4 is 0 Å². The number of rotatable bonds is 3. The average Bonchev–Trinajstić information content (AvgIpc) is 2.33. The third-order valence-corrected chi connectivity index (χ3v) is 1.78. The molecule has 0 bridgehead atoms. The second-order valence-corrected chi connectivity index (χ2v) is 2.57. The molecule has 60 valence electrons. The molecule has 0 radical (unpaired) electrons. The molecule has 2 heteroatoms. The first kappa shape index (κ1) is 7.92. The van der Waals surface area contributed by atoms with Gasteiger partial charge in [0, 0.05) is 6.20 Å². The lowest BCUT2D eigenvalue weighted by atomic mass is 10.2. The van der Waals surface area contributed by atoms with Crippen LogP contribution in [0.1, 0.15) is 13.3 Å². The smallest absolute Gasteiger partial charge is 0.0607 e. The Morgan fingerprint density at radius 2 is 2.55 bits per heavy atom. The first-order chi connectivity index (χ1) is 5.27. The summed E-state index contributed by atoms with van der Waals surface area (Å²) >= 11 is 0. The average molecular weight is 150 g/mol. The van der Waals surface area contributed by atoms with E-state index in [4.69, 9.17) is 0 Å². The van der Waals surface area contributed by atoms with Crippen LogP contribution in [0.15, 0.2) is 36.7 Å². The zero-order valence-electron chi connectivity index (χ0n) is 6.93. The lowest BCUT2D eigenvalue weighted by Crippen LogP contribution is -2.30. The minimum absolute atomic E-state index is 0.932. The number of hydrogen-bond donors (Lipinski definition) is 1. The van der Waals surface area contributed by atoms with E-state index in [9.17, 15) is 0 Å². The van der Waals surface area contributed by atoms with E-state index in [2.05, 4.69) is 31.6 Å². The van der Waals surface area contributed by atoms with Gasteiger partial charge in [0.1, 0.15) is 0 Å². The fourth-order valence-electron chi connectivity index (χ4n) is 1.12. The van der Waals surface area contributed by atoms with Crippen molar-refractivity contribution in [2.24, 2.45) is 0 Å². The van der Waals surface area contributed by atoms with E-state index in [0.717, 1.165) is 18.7 Å². The van der Waals surface area contributed by atoms with Gasteiger partial charge in [0.15, 0.2) is 0 Å². The Morgan fingerprint density at radius 1 is 1.82 bits per heavy atom. The second kappa shape index (κ2) is 3.28. The highest BCUT2D eigenvalue weighted by Crippen LogP contribution is 2.17. The number of hydrazine groups is 1. The van der Waals surface area contributed by atoms with Gasteiger partial charge in [-0.3, -0.25) is 5.01 Å². The molecule has 0 aliphatic carbocycles. The summed E-state index contributed by atoms with van der Waals surface area (Å²) in [5.74, 6) is 0. The molecule has 0 aromatic carbocycles. The van der Waals surface area contributed by atoms with Crippen LogP contribution < -0.4 is 5.43 Å². The molecule has 0 amide bonds. The highest BCUT2D eigenvalue weighted by Gasteiger charge is 2.13. The molecular weight excluding hydrogens is 136 g/mol. The van der Waals surface area contributed by atoms with Crippen LogP contribution in [0.25, 0.3) is 0 Å². The SMILES string of the molecule is C=CNN1CC(CC)=CC1=C. The standard InChI is InChI=1S/C9H14N2/c1-4-9-6-8(3)11(7-9)10-5-2/h5-6,10H,2-4,7H2,1H3. The molecular formula is C9H14N2. The molecule has 0 spiro atoms. The molecule has 0 unspecified atom stereocenters. The van der Waals surface area contributed by atoms with Crippen molar-refractivity contribution in [1.29, 1.82) is 0 Å². The largest absolute Gasteiger partial charge is 0.306 e. The first-order valence-electron chi connectivity index (χ1n) is 3.81. The van der Waals surface area contributed by atoms with Crippen molar-refractivity contribution in [1.82, 2.24) is 10.4 Å². The molecule has 11 heavy (non-hydrogen) atoms. The van der Waals surface area contributed by atoms with Crippen molar-refractivity contribution < 1.29 is 0 Å². The third kappa shape index (κ3) is 1.64. The number of nitrogens with zero attached hydrogens (tertiary/aromatic N) is 1. The molecule has 0 aromatic rings. The van der Waals surface area contributed by atoms with Crippen molar-refractivity contribution in [3.05, 3.63) is 36.7 Å². The maximum atomic E-state index is 3.89. The highest BCUT2D eigenvalue weighted by atomic mass is 15.5. The van der Waals surface area contributed by atoms with E-state index in [-0.39, 0.29) is 0 Å². The van der Waals surface area contributed by atoms with Crippen LogP contribution in [0, 0.1) is 0 Å². The molecule has 0 atom stereocenters. The molecule has 1 N–H and O–H groups in total. The molecule has 1 rings (SSSR count). The molecule has 0 saturated heterocycles. The van der Waals surface area contributed by atoms with Crippen molar-refractivity contribution in [3.63, 3.8) is 0 Å². The van der Waals surface area contributed by atoms with Gasteiger partial charge in [-0.05, 0) is 18.1 Å². The van der Waals surface area contributed by atoms with Crippen LogP contribution in [-0.2, 0) is 0 Å². The normalized spacial score (nSPS) is 16.6. The molecule has 0 aromatic heterocycles. The van der Waals surface area contributed by atoms with E-state index in [1.165, 1.54) is 5.57 Å². The van der Waals surface area contributed by atoms with Crippen molar-refractivity contribution in [3.8, 4) is 0 Å². The van der Waals surface area contributed by atoms with Gasteiger partial charge in [0.05, 0.1) is 12.2 Å². The Morgan fingerprint density at radius 3 is 3.00 bits per heavy atom. The summed E-state index contributed by atoms with van der Waals surface area (Å²) in [7, 11) is 0. The summed E-state index contributed by atoms with van der Waals surface area (Å²) in [6.07, 6.45) is 4.86. The minimum Gasteiger partial charge on any atom is -0.306 e. The summed E-state index contributed by atoms with van der Waals surface area (Å²) in [4.78, 5) is 0. The van der Waals surface area contributed by atoms with Crippen molar-refractivity contribution in [2.75, 3.05) is 6.54 Å². The van der Waals surface area contributed by atoms with Crippen LogP contribution in [0.5, 0.6) is 0 Å². The van der Waals surface area contributed by atoms with E-state index in [1.54, 1.807) is 6.20 Å². The van der Waals surface area contributed by atoms with Gasteiger partial charge in [-0.25, -0.2) is 0 Å². The van der Waals surface area contributed by atoms with Gasteiger partial charge in [-0.1, -0.05) is 20.1 Å². The molecule has 2 nitrogen and oxygen atoms in total. The maximum Gasteiger partial charge on any atom is 0.0607 e. The predicted molar refractivity (Wildman–Crippen MR) is 47.6 cm³/mol. The highest BCUT2D eigenvalue weighted by molar-refractivity contribution is 5.27. The molecule has 0 saturated carbocycles. The van der Waals surface area contributed by atoms with Crippen LogP contribution in [-0.4, -0.2) is 11.6 Å². The Labute approximate surface area is 67.9 Å². The van der Waals surface area contributed by atoms with Gasteiger partial charge in [-0.15, -0.1) is 0 Å². The lowest BCUT2D eigenvalue weighted by molar-refractivity contribution is 0.337. The minimum atomic E-state index is 0.932. The van der Waals surface area contributed by atoms with Crippen LogP contribution >= 0.6 is 0 Å². The number of nitrogens with one attached hydrogen (secondary N) is 1. The molecule has 0 fully saturated rings. The van der Waals surface area contributed by atoms with Crippen molar-refractivity contribution in [2.45, 2.75) is 13.3 Å². The molecule has 1 aliphatic heterocycles. The van der Waals surface area contributed by atoms with Gasteiger partial charge in [-0.2, -0.15) is 0 Å². The zero-order valence-corrected chi connectivity index (χ0v) is 6.93. The summed E-state index contributed by atoms with van der Waals surface area (Å²) in [5.41, 5.74) is 5.43. The monoisotopic (exact) mass is 150 g/mol.